The summed E-state index contributed by atoms with van der Waals surface area (Å²) in [5, 5.41) is 15.1. The van der Waals surface area contributed by atoms with Gasteiger partial charge < -0.3 is 10.1 Å². The Kier molecular flexibility index (Phi) is 6.76. The molecule has 1 amide bonds. The molecule has 2 N–H and O–H groups in total. The third kappa shape index (κ3) is 4.90. The minimum absolute atomic E-state index is 0.0493. The van der Waals surface area contributed by atoms with E-state index in [0.717, 1.165) is 42.0 Å². The molecular weight excluding hydrogens is 460 g/mol. The molecule has 35 heavy (non-hydrogen) atoms. The van der Waals surface area contributed by atoms with E-state index in [0.29, 0.717) is 36.7 Å². The summed E-state index contributed by atoms with van der Waals surface area (Å²) in [5.41, 5.74) is 5.43. The van der Waals surface area contributed by atoms with Crippen LogP contribution >= 0.6 is 12.2 Å². The van der Waals surface area contributed by atoms with E-state index >= 15 is 0 Å². The first-order valence-electron chi connectivity index (χ1n) is 11.9. The second-order valence-corrected chi connectivity index (χ2v) is 8.85. The Bertz CT molecular complexity index is 1370. The minimum atomic E-state index is -0.0493. The summed E-state index contributed by atoms with van der Waals surface area (Å²) >= 11 is 5.41. The number of carbonyl (C=O) groups excluding carboxylic acids is 1. The monoisotopic (exact) mass is 488 g/mol. The fourth-order valence-corrected chi connectivity index (χ4v) is 4.76. The van der Waals surface area contributed by atoms with Crippen molar-refractivity contribution in [2.75, 3.05) is 6.61 Å². The third-order valence-electron chi connectivity index (χ3n) is 6.21. The Morgan fingerprint density at radius 3 is 2.71 bits per heavy atom. The van der Waals surface area contributed by atoms with Gasteiger partial charge >= 0.3 is 0 Å². The first kappa shape index (κ1) is 23.0. The van der Waals surface area contributed by atoms with E-state index in [2.05, 4.69) is 27.6 Å². The van der Waals surface area contributed by atoms with Crippen molar-refractivity contribution in [2.24, 2.45) is 0 Å². The number of nitrogens with zero attached hydrogens (tertiary/aromatic N) is 4. The average molecular weight is 489 g/mol. The largest absolute Gasteiger partial charge is 0.494 e. The topological polar surface area (TPSA) is 89.8 Å². The number of fused-ring (bicyclic) bond motifs is 1. The quantitative estimate of drug-likeness (QED) is 0.341. The lowest BCUT2D eigenvalue weighted by atomic mass is 10.2. The molecule has 1 aliphatic carbocycles. The average Bonchev–Trinajstić information content (AvgIpc) is 3.59. The number of amides is 1. The lowest BCUT2D eigenvalue weighted by molar-refractivity contribution is -0.121. The van der Waals surface area contributed by atoms with Gasteiger partial charge in [-0.2, -0.15) is 10.2 Å². The SMILES string of the molecule is CCOc1ccc(-c2n[nH]c(=S)n2CCC(=O)NCc2nn(-c3ccccc3)c3c2CCC3)cc1. The summed E-state index contributed by atoms with van der Waals surface area (Å²) in [6.45, 7) is 3.42. The number of ether oxygens (including phenoxy) is 1. The molecule has 0 radical (unpaired) electrons. The van der Waals surface area contributed by atoms with Crippen LogP contribution < -0.4 is 10.1 Å². The number of aromatic amines is 1. The van der Waals surface area contributed by atoms with Crippen LogP contribution in [-0.2, 0) is 30.7 Å². The van der Waals surface area contributed by atoms with Crippen molar-refractivity contribution >= 4 is 18.1 Å². The van der Waals surface area contributed by atoms with Crippen LogP contribution in [0.1, 0.15) is 36.7 Å². The van der Waals surface area contributed by atoms with Gasteiger partial charge in [-0.05, 0) is 80.4 Å². The minimum Gasteiger partial charge on any atom is -0.494 e. The maximum atomic E-state index is 12.7. The molecule has 2 aromatic heterocycles. The molecule has 9 heteroatoms. The van der Waals surface area contributed by atoms with E-state index in [9.17, 15) is 4.79 Å². The Balaban J connectivity index is 1.24. The standard InChI is InChI=1S/C26H28N6O2S/c1-2-34-20-13-11-18(12-14-20)25-28-29-26(35)31(25)16-15-24(33)27-17-22-21-9-6-10-23(21)32(30-22)19-7-4-3-5-8-19/h3-5,7-8,11-14H,2,6,9-10,15-17H2,1H3,(H,27,33)(H,29,35). The Labute approximate surface area is 208 Å². The molecule has 1 aliphatic rings. The van der Waals surface area contributed by atoms with E-state index in [1.165, 1.54) is 11.3 Å². The number of hydrogen-bond acceptors (Lipinski definition) is 5. The summed E-state index contributed by atoms with van der Waals surface area (Å²) in [4.78, 5) is 12.7. The molecule has 0 aliphatic heterocycles. The number of benzene rings is 2. The molecule has 2 aromatic carbocycles. The zero-order chi connectivity index (χ0) is 24.2. The second-order valence-electron chi connectivity index (χ2n) is 8.46. The molecule has 0 bridgehead atoms. The lowest BCUT2D eigenvalue weighted by Gasteiger charge is -2.09. The van der Waals surface area contributed by atoms with Crippen molar-refractivity contribution in [2.45, 2.75) is 45.7 Å². The van der Waals surface area contributed by atoms with Crippen LogP contribution in [0.4, 0.5) is 0 Å². The summed E-state index contributed by atoms with van der Waals surface area (Å²) in [5.74, 6) is 1.45. The Morgan fingerprint density at radius 1 is 1.14 bits per heavy atom. The number of aromatic nitrogens is 5. The second kappa shape index (κ2) is 10.3. The molecule has 2 heterocycles. The van der Waals surface area contributed by atoms with Crippen LogP contribution in [-0.4, -0.2) is 37.1 Å². The van der Waals surface area contributed by atoms with Gasteiger partial charge in [-0.1, -0.05) is 18.2 Å². The fourth-order valence-electron chi connectivity index (χ4n) is 4.54. The van der Waals surface area contributed by atoms with Gasteiger partial charge in [0.2, 0.25) is 5.91 Å². The van der Waals surface area contributed by atoms with Gasteiger partial charge in [-0.3, -0.25) is 14.5 Å². The van der Waals surface area contributed by atoms with E-state index in [1.807, 2.05) is 58.6 Å². The van der Waals surface area contributed by atoms with Crippen LogP contribution in [0, 0.1) is 4.77 Å². The van der Waals surface area contributed by atoms with Gasteiger partial charge in [0, 0.05) is 24.2 Å². The van der Waals surface area contributed by atoms with Crippen LogP contribution in [0.5, 0.6) is 5.75 Å². The van der Waals surface area contributed by atoms with Gasteiger partial charge in [0.05, 0.1) is 24.5 Å². The zero-order valence-electron chi connectivity index (χ0n) is 19.7. The van der Waals surface area contributed by atoms with Gasteiger partial charge in [0.25, 0.3) is 0 Å². The maximum Gasteiger partial charge on any atom is 0.222 e. The van der Waals surface area contributed by atoms with Crippen LogP contribution in [0.3, 0.4) is 0 Å². The van der Waals surface area contributed by atoms with Crippen LogP contribution in [0.2, 0.25) is 0 Å². The van der Waals surface area contributed by atoms with Gasteiger partial charge in [-0.25, -0.2) is 4.68 Å². The third-order valence-corrected chi connectivity index (χ3v) is 6.52. The fraction of sp³-hybridized carbons (Fsp3) is 0.308. The van der Waals surface area contributed by atoms with Gasteiger partial charge in [-0.15, -0.1) is 0 Å². The predicted octanol–water partition coefficient (Wildman–Crippen LogP) is 4.39. The first-order valence-corrected chi connectivity index (χ1v) is 12.3. The molecule has 0 unspecified atom stereocenters. The highest BCUT2D eigenvalue weighted by Gasteiger charge is 2.23. The van der Waals surface area contributed by atoms with E-state index in [4.69, 9.17) is 22.1 Å². The molecule has 0 saturated heterocycles. The van der Waals surface area contributed by atoms with Gasteiger partial charge in [0.1, 0.15) is 5.75 Å². The van der Waals surface area contributed by atoms with Crippen molar-refractivity contribution in [3.63, 3.8) is 0 Å². The lowest BCUT2D eigenvalue weighted by Crippen LogP contribution is -2.25. The summed E-state index contributed by atoms with van der Waals surface area (Å²) < 4.78 is 9.88. The predicted molar refractivity (Wildman–Crippen MR) is 136 cm³/mol. The van der Waals surface area contributed by atoms with Gasteiger partial charge in [0.15, 0.2) is 10.6 Å². The molecule has 180 valence electrons. The number of nitrogens with one attached hydrogen (secondary N) is 2. The number of H-pyrrole nitrogens is 1. The van der Waals surface area contributed by atoms with Crippen LogP contribution in [0.15, 0.2) is 54.6 Å². The number of carbonyl (C=O) groups is 1. The van der Waals surface area contributed by atoms with Crippen LogP contribution in [0.25, 0.3) is 17.1 Å². The van der Waals surface area contributed by atoms with Crippen molar-refractivity contribution in [3.05, 3.63) is 76.3 Å². The van der Waals surface area contributed by atoms with E-state index in [1.54, 1.807) is 0 Å². The molecular formula is C26H28N6O2S. The molecule has 8 nitrogen and oxygen atoms in total. The highest BCUT2D eigenvalue weighted by Crippen LogP contribution is 2.28. The Morgan fingerprint density at radius 2 is 1.94 bits per heavy atom. The number of rotatable bonds is 9. The van der Waals surface area contributed by atoms with E-state index in [-0.39, 0.29) is 5.91 Å². The molecule has 0 saturated carbocycles. The van der Waals surface area contributed by atoms with E-state index < -0.39 is 0 Å². The van der Waals surface area contributed by atoms with Crippen molar-refractivity contribution in [1.82, 2.24) is 29.9 Å². The molecule has 5 rings (SSSR count). The highest BCUT2D eigenvalue weighted by molar-refractivity contribution is 7.71. The number of hydrogen-bond donors (Lipinski definition) is 2. The zero-order valence-corrected chi connectivity index (χ0v) is 20.5. The van der Waals surface area contributed by atoms with Crippen molar-refractivity contribution in [3.8, 4) is 22.8 Å². The Hall–Kier alpha value is -3.72. The molecule has 0 fully saturated rings. The van der Waals surface area contributed by atoms with Crippen molar-refractivity contribution in [1.29, 1.82) is 0 Å². The highest BCUT2D eigenvalue weighted by atomic mass is 32.1. The normalized spacial score (nSPS) is 12.5. The van der Waals surface area contributed by atoms with Crippen molar-refractivity contribution < 1.29 is 9.53 Å². The molecule has 0 spiro atoms. The number of para-hydroxylation sites is 1. The molecule has 4 aromatic rings. The molecule has 0 atom stereocenters. The summed E-state index contributed by atoms with van der Waals surface area (Å²) in [7, 11) is 0. The summed E-state index contributed by atoms with van der Waals surface area (Å²) in [6.07, 6.45) is 3.43. The maximum absolute atomic E-state index is 12.7. The first-order chi connectivity index (χ1) is 17.1. The summed E-state index contributed by atoms with van der Waals surface area (Å²) in [6, 6.07) is 17.8. The smallest absolute Gasteiger partial charge is 0.222 e.